The van der Waals surface area contributed by atoms with Gasteiger partial charge < -0.3 is 29.9 Å². The number of para-hydroxylation sites is 3. The molecule has 3 aromatic carbocycles. The standard InChI is InChI=1S/C34H39ClN6O2/c1-38(2)22-24-19-25-9-3-7-13-31(25)41(23-24)33(42)30(20-26-21-36-29-12-6-4-10-27(26)29)37-34(43)40-17-15-39(16-18-40)32-14-8-5-11-28(32)35/h3-14,21,24,30,36H,15-20,22-23H2,1-2H3,(H,37,43)/t24?,30-/m1/s1. The zero-order valence-electron chi connectivity index (χ0n) is 24.8. The molecular formula is C34H39ClN6O2. The van der Waals surface area contributed by atoms with Crippen molar-refractivity contribution in [1.29, 1.82) is 0 Å². The largest absolute Gasteiger partial charge is 0.367 e. The molecule has 2 atom stereocenters. The van der Waals surface area contributed by atoms with Crippen molar-refractivity contribution < 1.29 is 9.59 Å². The smallest absolute Gasteiger partial charge is 0.318 e. The van der Waals surface area contributed by atoms with Crippen LogP contribution in [0.3, 0.4) is 0 Å². The van der Waals surface area contributed by atoms with Crippen LogP contribution in [0.5, 0.6) is 0 Å². The highest BCUT2D eigenvalue weighted by atomic mass is 35.5. The lowest BCUT2D eigenvalue weighted by atomic mass is 9.91. The van der Waals surface area contributed by atoms with Gasteiger partial charge in [-0.25, -0.2) is 4.79 Å². The number of benzene rings is 3. The van der Waals surface area contributed by atoms with E-state index in [1.807, 2.05) is 76.7 Å². The molecule has 0 radical (unpaired) electrons. The second-order valence-electron chi connectivity index (χ2n) is 11.9. The average molecular weight is 599 g/mol. The third-order valence-corrected chi connectivity index (χ3v) is 8.90. The van der Waals surface area contributed by atoms with Crippen molar-refractivity contribution in [2.45, 2.75) is 18.9 Å². The number of amides is 3. The summed E-state index contributed by atoms with van der Waals surface area (Å²) in [5, 5.41) is 4.94. The molecule has 1 aromatic heterocycles. The van der Waals surface area contributed by atoms with Crippen LogP contribution >= 0.6 is 11.6 Å². The molecule has 1 unspecified atom stereocenters. The number of hydrogen-bond donors (Lipinski definition) is 2. The molecule has 6 rings (SSSR count). The van der Waals surface area contributed by atoms with Crippen molar-refractivity contribution in [2.24, 2.45) is 5.92 Å². The van der Waals surface area contributed by atoms with Gasteiger partial charge in [0.15, 0.2) is 0 Å². The number of urea groups is 1. The molecule has 0 bridgehead atoms. The van der Waals surface area contributed by atoms with E-state index in [2.05, 4.69) is 46.3 Å². The highest BCUT2D eigenvalue weighted by Crippen LogP contribution is 2.31. The molecule has 3 amide bonds. The Morgan fingerprint density at radius 1 is 0.953 bits per heavy atom. The molecule has 8 nitrogen and oxygen atoms in total. The number of H-pyrrole nitrogens is 1. The molecule has 43 heavy (non-hydrogen) atoms. The first-order valence-corrected chi connectivity index (χ1v) is 15.4. The fourth-order valence-electron chi connectivity index (χ4n) is 6.53. The molecule has 1 saturated heterocycles. The second-order valence-corrected chi connectivity index (χ2v) is 12.3. The van der Waals surface area contributed by atoms with Crippen molar-refractivity contribution >= 4 is 45.8 Å². The third-order valence-electron chi connectivity index (χ3n) is 8.58. The highest BCUT2D eigenvalue weighted by molar-refractivity contribution is 6.33. The number of hydrogen-bond acceptors (Lipinski definition) is 4. The molecule has 1 fully saturated rings. The fraction of sp³-hybridized carbons (Fsp3) is 0.353. The lowest BCUT2D eigenvalue weighted by Crippen LogP contribution is -2.58. The summed E-state index contributed by atoms with van der Waals surface area (Å²) < 4.78 is 0. The maximum Gasteiger partial charge on any atom is 0.318 e. The van der Waals surface area contributed by atoms with Gasteiger partial charge >= 0.3 is 6.03 Å². The molecule has 2 N–H and O–H groups in total. The van der Waals surface area contributed by atoms with Gasteiger partial charge in [0.05, 0.1) is 10.7 Å². The zero-order chi connectivity index (χ0) is 29.9. The summed E-state index contributed by atoms with van der Waals surface area (Å²) >= 11 is 6.44. The van der Waals surface area contributed by atoms with Crippen LogP contribution in [0.4, 0.5) is 16.2 Å². The molecule has 0 saturated carbocycles. The van der Waals surface area contributed by atoms with Gasteiger partial charge in [-0.15, -0.1) is 0 Å². The fourth-order valence-corrected chi connectivity index (χ4v) is 6.79. The van der Waals surface area contributed by atoms with Crippen molar-refractivity contribution in [3.63, 3.8) is 0 Å². The monoisotopic (exact) mass is 598 g/mol. The minimum Gasteiger partial charge on any atom is -0.367 e. The van der Waals surface area contributed by atoms with Crippen LogP contribution in [-0.4, -0.2) is 86.1 Å². The summed E-state index contributed by atoms with van der Waals surface area (Å²) in [6, 6.07) is 23.1. The van der Waals surface area contributed by atoms with Crippen LogP contribution in [0.25, 0.3) is 10.9 Å². The van der Waals surface area contributed by atoms with Crippen LogP contribution in [0.1, 0.15) is 11.1 Å². The number of nitrogens with zero attached hydrogens (tertiary/aromatic N) is 4. The predicted molar refractivity (Wildman–Crippen MR) is 174 cm³/mol. The number of rotatable bonds is 7. The first kappa shape index (κ1) is 29.1. The minimum atomic E-state index is -0.723. The van der Waals surface area contributed by atoms with Gasteiger partial charge in [-0.1, -0.05) is 60.1 Å². The predicted octanol–water partition coefficient (Wildman–Crippen LogP) is 5.03. The van der Waals surface area contributed by atoms with E-state index in [0.717, 1.165) is 40.8 Å². The molecule has 0 spiro atoms. The molecule has 4 aromatic rings. The van der Waals surface area contributed by atoms with Crippen molar-refractivity contribution in [2.75, 3.05) is 63.2 Å². The Morgan fingerprint density at radius 2 is 1.65 bits per heavy atom. The van der Waals surface area contributed by atoms with Gasteiger partial charge in [0.25, 0.3) is 0 Å². The summed E-state index contributed by atoms with van der Waals surface area (Å²) in [6.07, 6.45) is 3.27. The summed E-state index contributed by atoms with van der Waals surface area (Å²) in [5.74, 6) is 0.223. The van der Waals surface area contributed by atoms with Crippen LogP contribution in [0, 0.1) is 5.92 Å². The Hall–Kier alpha value is -4.01. The number of carbonyl (C=O) groups is 2. The van der Waals surface area contributed by atoms with E-state index in [4.69, 9.17) is 11.6 Å². The number of nitrogens with one attached hydrogen (secondary N) is 2. The van der Waals surface area contributed by atoms with Gasteiger partial charge in [0.1, 0.15) is 6.04 Å². The van der Waals surface area contributed by atoms with Crippen LogP contribution < -0.4 is 15.1 Å². The number of fused-ring (bicyclic) bond motifs is 2. The molecule has 224 valence electrons. The van der Waals surface area contributed by atoms with Crippen molar-refractivity contribution in [1.82, 2.24) is 20.1 Å². The Labute approximate surface area is 258 Å². The Balaban J connectivity index is 1.24. The topological polar surface area (TPSA) is 74.9 Å². The van der Waals surface area contributed by atoms with Gasteiger partial charge in [0, 0.05) is 68.5 Å². The van der Waals surface area contributed by atoms with E-state index < -0.39 is 6.04 Å². The van der Waals surface area contributed by atoms with E-state index in [1.54, 1.807) is 0 Å². The maximum atomic E-state index is 14.5. The Kier molecular flexibility index (Phi) is 8.58. The molecule has 0 aliphatic carbocycles. The van der Waals surface area contributed by atoms with E-state index in [1.165, 1.54) is 5.56 Å². The first-order chi connectivity index (χ1) is 20.9. The average Bonchev–Trinajstić information content (AvgIpc) is 3.42. The summed E-state index contributed by atoms with van der Waals surface area (Å²) in [6.45, 7) is 3.93. The first-order valence-electron chi connectivity index (χ1n) is 15.0. The van der Waals surface area contributed by atoms with Gasteiger partial charge in [-0.2, -0.15) is 0 Å². The van der Waals surface area contributed by atoms with Crippen molar-refractivity contribution in [3.8, 4) is 0 Å². The Morgan fingerprint density at radius 3 is 2.42 bits per heavy atom. The van der Waals surface area contributed by atoms with Crippen LogP contribution in [-0.2, 0) is 17.6 Å². The maximum absolute atomic E-state index is 14.5. The van der Waals surface area contributed by atoms with Gasteiger partial charge in [0.2, 0.25) is 5.91 Å². The van der Waals surface area contributed by atoms with Crippen molar-refractivity contribution in [3.05, 3.63) is 95.1 Å². The van der Waals surface area contributed by atoms with E-state index >= 15 is 0 Å². The van der Waals surface area contributed by atoms with Crippen LogP contribution in [0.15, 0.2) is 79.0 Å². The summed E-state index contributed by atoms with van der Waals surface area (Å²) in [4.78, 5) is 39.7. The molecule has 3 heterocycles. The third kappa shape index (κ3) is 6.36. The minimum absolute atomic E-state index is 0.0794. The number of carbonyl (C=O) groups excluding carboxylic acids is 2. The summed E-state index contributed by atoms with van der Waals surface area (Å²) in [7, 11) is 4.14. The SMILES string of the molecule is CN(C)CC1Cc2ccccc2N(C(=O)[C@@H](Cc2c[nH]c3ccccc23)NC(=O)N2CCN(c3ccccc3Cl)CC2)C1. The zero-order valence-corrected chi connectivity index (χ0v) is 25.6. The molecule has 9 heteroatoms. The number of halogens is 1. The molecule has 2 aliphatic rings. The Bertz CT molecular complexity index is 1590. The highest BCUT2D eigenvalue weighted by Gasteiger charge is 2.35. The number of piperazine rings is 1. The van der Waals surface area contributed by atoms with E-state index in [9.17, 15) is 9.59 Å². The number of aromatic amines is 1. The van der Waals surface area contributed by atoms with E-state index in [-0.39, 0.29) is 11.9 Å². The van der Waals surface area contributed by atoms with Gasteiger partial charge in [-0.3, -0.25) is 4.79 Å². The second kappa shape index (κ2) is 12.7. The number of aromatic nitrogens is 1. The van der Waals surface area contributed by atoms with E-state index in [0.29, 0.717) is 50.1 Å². The van der Waals surface area contributed by atoms with Crippen LogP contribution in [0.2, 0.25) is 5.02 Å². The molecular weight excluding hydrogens is 560 g/mol. The summed E-state index contributed by atoms with van der Waals surface area (Å²) in [5.41, 5.74) is 5.11. The molecule has 2 aliphatic heterocycles. The normalized spacial score (nSPS) is 17.7. The quantitative estimate of drug-likeness (QED) is 0.313. The van der Waals surface area contributed by atoms with Gasteiger partial charge in [-0.05, 0) is 61.8 Å². The lowest BCUT2D eigenvalue weighted by Gasteiger charge is -2.39. The number of anilines is 2. The lowest BCUT2D eigenvalue weighted by molar-refractivity contribution is -0.120.